The zero-order valence-electron chi connectivity index (χ0n) is 15.0. The molecule has 0 radical (unpaired) electrons. The second-order valence-electron chi connectivity index (χ2n) is 5.91. The molecule has 0 saturated carbocycles. The molecular formula is C20H21N3O3. The van der Waals surface area contributed by atoms with E-state index in [4.69, 9.17) is 14.9 Å². The quantitative estimate of drug-likeness (QED) is 0.694. The number of benzene rings is 2. The van der Waals surface area contributed by atoms with Crippen molar-refractivity contribution < 1.29 is 14.3 Å². The third kappa shape index (κ3) is 3.39. The number of carbonyl (C=O) groups is 1. The fourth-order valence-corrected chi connectivity index (χ4v) is 2.80. The molecule has 3 rings (SSSR count). The molecule has 0 aliphatic heterocycles. The predicted octanol–water partition coefficient (Wildman–Crippen LogP) is 2.87. The van der Waals surface area contributed by atoms with Crippen molar-refractivity contribution in [3.63, 3.8) is 0 Å². The molecule has 1 heterocycles. The van der Waals surface area contributed by atoms with Crippen LogP contribution < -0.4 is 15.1 Å². The number of ketones is 1. The van der Waals surface area contributed by atoms with Gasteiger partial charge in [0.15, 0.2) is 5.78 Å². The molecule has 1 N–H and O–H groups in total. The van der Waals surface area contributed by atoms with Gasteiger partial charge in [-0.15, -0.1) is 0 Å². The van der Waals surface area contributed by atoms with Gasteiger partial charge in [0, 0.05) is 24.4 Å². The summed E-state index contributed by atoms with van der Waals surface area (Å²) in [5.74, 6) is 1.39. The van der Waals surface area contributed by atoms with Crippen LogP contribution in [0.25, 0.3) is 11.3 Å². The summed E-state index contributed by atoms with van der Waals surface area (Å²) in [5, 5.41) is 8.31. The van der Waals surface area contributed by atoms with Crippen LogP contribution in [0.3, 0.4) is 0 Å². The SMILES string of the molecule is COc1ccc(C(=O)Cn2cc(-c3cccc(OC)c3)n(C)c2=N)cc1. The second-order valence-corrected chi connectivity index (χ2v) is 5.91. The lowest BCUT2D eigenvalue weighted by Crippen LogP contribution is -2.25. The average Bonchev–Trinajstić information content (AvgIpc) is 2.96. The van der Waals surface area contributed by atoms with E-state index in [0.717, 1.165) is 17.0 Å². The van der Waals surface area contributed by atoms with E-state index in [1.54, 1.807) is 47.6 Å². The normalized spacial score (nSPS) is 10.6. The lowest BCUT2D eigenvalue weighted by atomic mass is 10.1. The smallest absolute Gasteiger partial charge is 0.202 e. The van der Waals surface area contributed by atoms with Gasteiger partial charge in [0.05, 0.1) is 26.5 Å². The number of aromatic nitrogens is 2. The molecule has 3 aromatic rings. The van der Waals surface area contributed by atoms with Crippen LogP contribution in [-0.2, 0) is 13.6 Å². The Labute approximate surface area is 151 Å². The van der Waals surface area contributed by atoms with Crippen LogP contribution in [0, 0.1) is 5.41 Å². The first kappa shape index (κ1) is 17.5. The summed E-state index contributed by atoms with van der Waals surface area (Å²) in [5.41, 5.74) is 2.61. The highest BCUT2D eigenvalue weighted by molar-refractivity contribution is 5.96. The molecule has 2 aromatic carbocycles. The first-order chi connectivity index (χ1) is 12.5. The minimum absolute atomic E-state index is 0.0612. The van der Waals surface area contributed by atoms with Gasteiger partial charge < -0.3 is 18.6 Å². The molecule has 0 bridgehead atoms. The second kappa shape index (κ2) is 7.31. The van der Waals surface area contributed by atoms with Gasteiger partial charge in [0.1, 0.15) is 11.5 Å². The highest BCUT2D eigenvalue weighted by atomic mass is 16.5. The van der Waals surface area contributed by atoms with Gasteiger partial charge in [-0.1, -0.05) is 12.1 Å². The summed E-state index contributed by atoms with van der Waals surface area (Å²) < 4.78 is 13.8. The third-order valence-electron chi connectivity index (χ3n) is 4.32. The van der Waals surface area contributed by atoms with Crippen molar-refractivity contribution >= 4 is 5.78 Å². The zero-order chi connectivity index (χ0) is 18.7. The lowest BCUT2D eigenvalue weighted by molar-refractivity contribution is 0.0970. The van der Waals surface area contributed by atoms with Crippen molar-refractivity contribution in [2.75, 3.05) is 14.2 Å². The molecule has 0 amide bonds. The van der Waals surface area contributed by atoms with E-state index < -0.39 is 0 Å². The summed E-state index contributed by atoms with van der Waals surface area (Å²) in [4.78, 5) is 12.5. The number of methoxy groups -OCH3 is 2. The van der Waals surface area contributed by atoms with Gasteiger partial charge >= 0.3 is 0 Å². The minimum Gasteiger partial charge on any atom is -0.497 e. The van der Waals surface area contributed by atoms with E-state index in [0.29, 0.717) is 11.3 Å². The van der Waals surface area contributed by atoms with Crippen molar-refractivity contribution in [1.82, 2.24) is 9.13 Å². The molecule has 0 unspecified atom stereocenters. The van der Waals surface area contributed by atoms with Crippen LogP contribution >= 0.6 is 0 Å². The molecule has 0 saturated heterocycles. The summed E-state index contributed by atoms with van der Waals surface area (Å²) in [6, 6.07) is 14.6. The van der Waals surface area contributed by atoms with E-state index in [9.17, 15) is 4.79 Å². The van der Waals surface area contributed by atoms with Gasteiger partial charge in [-0.25, -0.2) is 0 Å². The Morgan fingerprint density at radius 2 is 1.73 bits per heavy atom. The van der Waals surface area contributed by atoms with Crippen LogP contribution in [0.15, 0.2) is 54.7 Å². The van der Waals surface area contributed by atoms with Crippen molar-refractivity contribution in [1.29, 1.82) is 5.41 Å². The maximum absolute atomic E-state index is 12.5. The van der Waals surface area contributed by atoms with Gasteiger partial charge in [-0.3, -0.25) is 10.2 Å². The molecule has 0 aliphatic carbocycles. The average molecular weight is 351 g/mol. The highest BCUT2D eigenvalue weighted by Gasteiger charge is 2.13. The number of imidazole rings is 1. The number of nitrogens with one attached hydrogen (secondary N) is 1. The van der Waals surface area contributed by atoms with Crippen molar-refractivity contribution in [2.24, 2.45) is 7.05 Å². The third-order valence-corrected chi connectivity index (χ3v) is 4.32. The molecule has 134 valence electrons. The van der Waals surface area contributed by atoms with E-state index in [1.165, 1.54) is 0 Å². The van der Waals surface area contributed by atoms with Crippen molar-refractivity contribution in [2.45, 2.75) is 6.54 Å². The molecule has 26 heavy (non-hydrogen) atoms. The van der Waals surface area contributed by atoms with Gasteiger partial charge in [-0.2, -0.15) is 0 Å². The van der Waals surface area contributed by atoms with E-state index in [1.807, 2.05) is 37.5 Å². The molecule has 0 fully saturated rings. The fourth-order valence-electron chi connectivity index (χ4n) is 2.80. The Balaban J connectivity index is 1.89. The van der Waals surface area contributed by atoms with Gasteiger partial charge in [0.25, 0.3) is 0 Å². The lowest BCUT2D eigenvalue weighted by Gasteiger charge is -2.04. The number of carbonyl (C=O) groups excluding carboxylic acids is 1. The Morgan fingerprint density at radius 3 is 2.38 bits per heavy atom. The van der Waals surface area contributed by atoms with Gasteiger partial charge in [-0.05, 0) is 36.4 Å². The minimum atomic E-state index is -0.0612. The van der Waals surface area contributed by atoms with Crippen LogP contribution in [0.2, 0.25) is 0 Å². The predicted molar refractivity (Wildman–Crippen MR) is 98.6 cm³/mol. The molecule has 0 atom stereocenters. The van der Waals surface area contributed by atoms with Crippen molar-refractivity contribution in [3.05, 3.63) is 65.9 Å². The number of hydrogen-bond donors (Lipinski definition) is 1. The van der Waals surface area contributed by atoms with Gasteiger partial charge in [0.2, 0.25) is 5.62 Å². The van der Waals surface area contributed by atoms with E-state index >= 15 is 0 Å². The zero-order valence-corrected chi connectivity index (χ0v) is 15.0. The van der Waals surface area contributed by atoms with Crippen LogP contribution in [-0.4, -0.2) is 29.1 Å². The van der Waals surface area contributed by atoms with Crippen molar-refractivity contribution in [3.8, 4) is 22.8 Å². The topological polar surface area (TPSA) is 69.2 Å². The summed E-state index contributed by atoms with van der Waals surface area (Å²) in [7, 11) is 5.02. The highest BCUT2D eigenvalue weighted by Crippen LogP contribution is 2.22. The standard InChI is InChI=1S/C20H21N3O3/c1-22-18(15-5-4-6-17(11-15)26-3)12-23(20(22)21)13-19(24)14-7-9-16(25-2)10-8-14/h4-12,21H,13H2,1-3H3. The Morgan fingerprint density at radius 1 is 1.04 bits per heavy atom. The van der Waals surface area contributed by atoms with E-state index in [2.05, 4.69) is 0 Å². The molecule has 6 nitrogen and oxygen atoms in total. The van der Waals surface area contributed by atoms with Crippen LogP contribution in [0.4, 0.5) is 0 Å². The summed E-state index contributed by atoms with van der Waals surface area (Å²) in [6.45, 7) is 0.100. The summed E-state index contributed by atoms with van der Waals surface area (Å²) in [6.07, 6.45) is 1.82. The Hall–Kier alpha value is -3.28. The largest absolute Gasteiger partial charge is 0.497 e. The Kier molecular flexibility index (Phi) is 4.93. The summed E-state index contributed by atoms with van der Waals surface area (Å²) >= 11 is 0. The van der Waals surface area contributed by atoms with Crippen LogP contribution in [0.5, 0.6) is 11.5 Å². The molecular weight excluding hydrogens is 330 g/mol. The first-order valence-electron chi connectivity index (χ1n) is 8.16. The van der Waals surface area contributed by atoms with Crippen LogP contribution in [0.1, 0.15) is 10.4 Å². The molecule has 1 aromatic heterocycles. The molecule has 0 aliphatic rings. The maximum atomic E-state index is 12.5. The number of Topliss-reactive ketones (excluding diaryl/α,β-unsaturated/α-hetero) is 1. The number of nitrogens with zero attached hydrogens (tertiary/aromatic N) is 2. The fraction of sp³-hybridized carbons (Fsp3) is 0.200. The monoisotopic (exact) mass is 351 g/mol. The maximum Gasteiger partial charge on any atom is 0.202 e. The molecule has 0 spiro atoms. The molecule has 6 heteroatoms. The first-order valence-corrected chi connectivity index (χ1v) is 8.16. The Bertz CT molecular complexity index is 984. The number of ether oxygens (including phenoxy) is 2. The van der Waals surface area contributed by atoms with E-state index in [-0.39, 0.29) is 17.9 Å². The number of hydrogen-bond acceptors (Lipinski definition) is 4. The number of rotatable bonds is 6.